The Morgan fingerprint density at radius 2 is 1.84 bits per heavy atom. The first-order valence-electron chi connectivity index (χ1n) is 9.41. The Labute approximate surface area is 190 Å². The lowest BCUT2D eigenvalue weighted by molar-refractivity contribution is 0.102. The van der Waals surface area contributed by atoms with Crippen molar-refractivity contribution in [3.05, 3.63) is 85.8 Å². The molecule has 9 heteroatoms. The van der Waals surface area contributed by atoms with Gasteiger partial charge in [0, 0.05) is 0 Å². The number of thioether (sulfide) groups is 1. The number of thiophene rings is 1. The van der Waals surface area contributed by atoms with E-state index in [9.17, 15) is 9.59 Å². The van der Waals surface area contributed by atoms with E-state index in [4.69, 9.17) is 11.6 Å². The Morgan fingerprint density at radius 3 is 2.61 bits per heavy atom. The van der Waals surface area contributed by atoms with Crippen molar-refractivity contribution in [1.29, 1.82) is 0 Å². The van der Waals surface area contributed by atoms with Crippen LogP contribution < -0.4 is 5.56 Å². The molecule has 3 heterocycles. The van der Waals surface area contributed by atoms with Crippen molar-refractivity contribution < 1.29 is 4.79 Å². The maximum Gasteiger partial charge on any atom is 0.267 e. The van der Waals surface area contributed by atoms with Crippen molar-refractivity contribution in [3.63, 3.8) is 0 Å². The summed E-state index contributed by atoms with van der Waals surface area (Å²) in [5.41, 5.74) is 2.23. The molecule has 0 radical (unpaired) electrons. The van der Waals surface area contributed by atoms with Crippen LogP contribution >= 0.6 is 34.7 Å². The molecule has 0 spiro atoms. The van der Waals surface area contributed by atoms with Crippen molar-refractivity contribution in [2.75, 3.05) is 5.75 Å². The molecule has 0 unspecified atom stereocenters. The molecule has 0 atom stereocenters. The number of ketones is 1. The lowest BCUT2D eigenvalue weighted by Crippen LogP contribution is -2.22. The van der Waals surface area contributed by atoms with Crippen LogP contribution in [0.15, 0.2) is 70.6 Å². The molecule has 0 saturated heterocycles. The predicted octanol–water partition coefficient (Wildman–Crippen LogP) is 5.03. The molecule has 6 nitrogen and oxygen atoms in total. The van der Waals surface area contributed by atoms with Crippen LogP contribution in [0.5, 0.6) is 0 Å². The second-order valence-corrected chi connectivity index (χ2v) is 9.54. The third kappa shape index (κ3) is 3.46. The van der Waals surface area contributed by atoms with Crippen LogP contribution in [-0.4, -0.2) is 30.7 Å². The Kier molecular flexibility index (Phi) is 5.13. The number of aromatic nitrogens is 4. The molecule has 3 aromatic heterocycles. The smallest absolute Gasteiger partial charge is 0.267 e. The number of nitrogens with zero attached hydrogens (tertiary/aromatic N) is 4. The molecule has 0 aliphatic carbocycles. The summed E-state index contributed by atoms with van der Waals surface area (Å²) in [6.07, 6.45) is 0. The number of para-hydroxylation sites is 2. The minimum absolute atomic E-state index is 0.0322. The SMILES string of the molecule is Cc1ccccc1-n1c(=O)c2ccccc2n2c(SCC(=O)c3ccc(Cl)s3)nnc12. The van der Waals surface area contributed by atoms with Gasteiger partial charge in [-0.05, 0) is 42.8 Å². The van der Waals surface area contributed by atoms with Crippen molar-refractivity contribution >= 4 is 57.2 Å². The van der Waals surface area contributed by atoms with Gasteiger partial charge in [-0.1, -0.05) is 53.7 Å². The van der Waals surface area contributed by atoms with Crippen molar-refractivity contribution in [1.82, 2.24) is 19.2 Å². The van der Waals surface area contributed by atoms with Gasteiger partial charge in [0.15, 0.2) is 10.9 Å². The van der Waals surface area contributed by atoms with E-state index in [1.54, 1.807) is 22.8 Å². The van der Waals surface area contributed by atoms with Gasteiger partial charge in [0.05, 0.1) is 31.6 Å². The summed E-state index contributed by atoms with van der Waals surface area (Å²) in [7, 11) is 0. The summed E-state index contributed by atoms with van der Waals surface area (Å²) in [5.74, 6) is 0.567. The molecule has 0 amide bonds. The van der Waals surface area contributed by atoms with Crippen LogP contribution in [0.3, 0.4) is 0 Å². The van der Waals surface area contributed by atoms with E-state index in [0.29, 0.717) is 31.1 Å². The van der Waals surface area contributed by atoms with Crippen LogP contribution in [0.2, 0.25) is 4.34 Å². The van der Waals surface area contributed by atoms with Gasteiger partial charge in [-0.15, -0.1) is 21.5 Å². The highest BCUT2D eigenvalue weighted by Crippen LogP contribution is 2.27. The fraction of sp³-hybridized carbons (Fsp3) is 0.0909. The van der Waals surface area contributed by atoms with Gasteiger partial charge in [0.25, 0.3) is 5.56 Å². The lowest BCUT2D eigenvalue weighted by atomic mass is 10.2. The summed E-state index contributed by atoms with van der Waals surface area (Å²) < 4.78 is 3.99. The highest BCUT2D eigenvalue weighted by Gasteiger charge is 2.19. The molecule has 2 aromatic carbocycles. The molecule has 0 aliphatic rings. The van der Waals surface area contributed by atoms with Gasteiger partial charge < -0.3 is 0 Å². The Morgan fingerprint density at radius 1 is 1.06 bits per heavy atom. The summed E-state index contributed by atoms with van der Waals surface area (Å²) in [6, 6.07) is 18.4. The maximum absolute atomic E-state index is 13.4. The molecule has 0 aliphatic heterocycles. The zero-order chi connectivity index (χ0) is 21.5. The van der Waals surface area contributed by atoms with Gasteiger partial charge in [0.2, 0.25) is 5.78 Å². The average molecular weight is 467 g/mol. The number of benzene rings is 2. The second-order valence-electron chi connectivity index (χ2n) is 6.88. The number of hydrogen-bond acceptors (Lipinski definition) is 6. The third-order valence-electron chi connectivity index (χ3n) is 4.93. The summed E-state index contributed by atoms with van der Waals surface area (Å²) in [5, 5.41) is 9.74. The molecule has 0 N–H and O–H groups in total. The highest BCUT2D eigenvalue weighted by atomic mass is 35.5. The largest absolute Gasteiger partial charge is 0.292 e. The first kappa shape index (κ1) is 20.0. The van der Waals surface area contributed by atoms with Crippen molar-refractivity contribution in [3.8, 4) is 5.69 Å². The van der Waals surface area contributed by atoms with Gasteiger partial charge in [-0.2, -0.15) is 0 Å². The molecular formula is C22H15ClN4O2S2. The van der Waals surface area contributed by atoms with Crippen LogP contribution in [0.4, 0.5) is 0 Å². The van der Waals surface area contributed by atoms with Crippen molar-refractivity contribution in [2.45, 2.75) is 12.1 Å². The number of carbonyl (C=O) groups is 1. The standard InChI is InChI=1S/C22H15ClN4O2S2/c1-13-6-2-4-8-15(13)26-20(29)14-7-3-5-9-16(14)27-21(26)24-25-22(27)30-12-17(28)18-10-11-19(23)31-18/h2-11H,12H2,1H3. The Balaban J connectivity index is 1.67. The molecule has 154 valence electrons. The fourth-order valence-electron chi connectivity index (χ4n) is 3.47. The highest BCUT2D eigenvalue weighted by molar-refractivity contribution is 7.99. The van der Waals surface area contributed by atoms with Crippen LogP contribution in [-0.2, 0) is 0 Å². The molecule has 0 bridgehead atoms. The summed E-state index contributed by atoms with van der Waals surface area (Å²) in [6.45, 7) is 1.95. The minimum Gasteiger partial charge on any atom is -0.292 e. The first-order chi connectivity index (χ1) is 15.0. The Hall–Kier alpha value is -2.94. The number of hydrogen-bond donors (Lipinski definition) is 0. The number of aryl methyl sites for hydroxylation is 1. The maximum atomic E-state index is 13.4. The van der Waals surface area contributed by atoms with E-state index in [1.807, 2.05) is 53.8 Å². The lowest BCUT2D eigenvalue weighted by Gasteiger charge is -2.13. The number of carbonyl (C=O) groups excluding carboxylic acids is 1. The summed E-state index contributed by atoms with van der Waals surface area (Å²) in [4.78, 5) is 26.5. The van der Waals surface area contributed by atoms with E-state index < -0.39 is 0 Å². The molecule has 0 saturated carbocycles. The minimum atomic E-state index is -0.161. The fourth-order valence-corrected chi connectivity index (χ4v) is 5.36. The number of fused-ring (bicyclic) bond motifs is 3. The average Bonchev–Trinajstić information content (AvgIpc) is 3.40. The van der Waals surface area contributed by atoms with Crippen LogP contribution in [0, 0.1) is 6.92 Å². The molecule has 31 heavy (non-hydrogen) atoms. The first-order valence-corrected chi connectivity index (χ1v) is 11.6. The summed E-state index contributed by atoms with van der Waals surface area (Å²) >= 11 is 8.49. The number of Topliss-reactive ketones (excluding diaryl/α,β-unsaturated/α-hetero) is 1. The predicted molar refractivity (Wildman–Crippen MR) is 125 cm³/mol. The topological polar surface area (TPSA) is 69.3 Å². The quantitative estimate of drug-likeness (QED) is 0.268. The van der Waals surface area contributed by atoms with Gasteiger partial charge in [-0.3, -0.25) is 14.0 Å². The zero-order valence-electron chi connectivity index (χ0n) is 16.3. The molecule has 5 aromatic rings. The van der Waals surface area contributed by atoms with E-state index in [0.717, 1.165) is 11.3 Å². The molecule has 0 fully saturated rings. The monoisotopic (exact) mass is 466 g/mol. The van der Waals surface area contributed by atoms with Gasteiger partial charge >= 0.3 is 0 Å². The van der Waals surface area contributed by atoms with E-state index in [-0.39, 0.29) is 17.1 Å². The number of halogens is 1. The van der Waals surface area contributed by atoms with Crippen LogP contribution in [0.25, 0.3) is 22.4 Å². The van der Waals surface area contributed by atoms with E-state index in [2.05, 4.69) is 10.2 Å². The normalized spacial score (nSPS) is 11.4. The van der Waals surface area contributed by atoms with Crippen LogP contribution in [0.1, 0.15) is 15.2 Å². The molecular weight excluding hydrogens is 452 g/mol. The van der Waals surface area contributed by atoms with Crippen molar-refractivity contribution in [2.24, 2.45) is 0 Å². The zero-order valence-corrected chi connectivity index (χ0v) is 18.7. The second kappa shape index (κ2) is 7.96. The van der Waals surface area contributed by atoms with E-state index in [1.165, 1.54) is 23.1 Å². The van der Waals surface area contributed by atoms with Gasteiger partial charge in [-0.25, -0.2) is 4.57 Å². The Bertz CT molecular complexity index is 1520. The molecule has 5 rings (SSSR count). The third-order valence-corrected chi connectivity index (χ3v) is 7.13. The van der Waals surface area contributed by atoms with Gasteiger partial charge in [0.1, 0.15) is 0 Å². The van der Waals surface area contributed by atoms with E-state index >= 15 is 0 Å². The number of rotatable bonds is 5.